The minimum Gasteiger partial charge on any atom is -0.486 e. The molecule has 26 heavy (non-hydrogen) atoms. The van der Waals surface area contributed by atoms with E-state index in [9.17, 15) is 0 Å². The molecule has 1 atom stereocenters. The van der Waals surface area contributed by atoms with Crippen LogP contribution in [0.5, 0.6) is 5.75 Å². The van der Waals surface area contributed by atoms with Gasteiger partial charge in [0.25, 0.3) is 0 Å². The molecule has 0 amide bonds. The Morgan fingerprint density at radius 3 is 2.81 bits per heavy atom. The van der Waals surface area contributed by atoms with Crippen molar-refractivity contribution in [1.29, 1.82) is 0 Å². The lowest BCUT2D eigenvalue weighted by atomic mass is 10.0. The Kier molecular flexibility index (Phi) is 5.84. The van der Waals surface area contributed by atoms with E-state index < -0.39 is 0 Å². The van der Waals surface area contributed by atoms with Gasteiger partial charge in [-0.2, -0.15) is 0 Å². The SMILES string of the molecule is Cc1ccc(OCc2nc(CN3CCCCC3C3OCCO3)cs2)cc1. The van der Waals surface area contributed by atoms with Crippen molar-refractivity contribution in [2.24, 2.45) is 0 Å². The van der Waals surface area contributed by atoms with Crippen molar-refractivity contribution >= 4 is 11.3 Å². The van der Waals surface area contributed by atoms with Crippen LogP contribution in [0.1, 0.15) is 35.5 Å². The maximum Gasteiger partial charge on any atom is 0.173 e. The normalized spacial score (nSPS) is 22.0. The second-order valence-electron chi connectivity index (χ2n) is 6.98. The molecule has 2 aliphatic heterocycles. The molecule has 3 heterocycles. The van der Waals surface area contributed by atoms with Gasteiger partial charge >= 0.3 is 0 Å². The molecule has 2 saturated heterocycles. The number of hydrogen-bond donors (Lipinski definition) is 0. The third-order valence-electron chi connectivity index (χ3n) is 4.97. The number of aryl methyl sites for hydroxylation is 1. The van der Waals surface area contributed by atoms with Crippen LogP contribution >= 0.6 is 11.3 Å². The van der Waals surface area contributed by atoms with Crippen LogP contribution in [-0.4, -0.2) is 42.0 Å². The topological polar surface area (TPSA) is 43.8 Å². The molecule has 2 aliphatic rings. The second-order valence-corrected chi connectivity index (χ2v) is 7.92. The monoisotopic (exact) mass is 374 g/mol. The third-order valence-corrected chi connectivity index (χ3v) is 5.84. The van der Waals surface area contributed by atoms with Crippen LogP contribution in [0, 0.1) is 6.92 Å². The number of thiazole rings is 1. The van der Waals surface area contributed by atoms with Gasteiger partial charge in [-0.1, -0.05) is 24.1 Å². The van der Waals surface area contributed by atoms with Crippen molar-refractivity contribution in [2.75, 3.05) is 19.8 Å². The van der Waals surface area contributed by atoms with E-state index in [0.717, 1.165) is 36.0 Å². The zero-order valence-corrected chi connectivity index (χ0v) is 16.0. The number of aromatic nitrogens is 1. The second kappa shape index (κ2) is 8.48. The maximum atomic E-state index is 5.85. The molecule has 4 rings (SSSR count). The average molecular weight is 375 g/mol. The van der Waals surface area contributed by atoms with Gasteiger partial charge in [-0.3, -0.25) is 4.90 Å². The highest BCUT2D eigenvalue weighted by molar-refractivity contribution is 7.09. The van der Waals surface area contributed by atoms with Crippen molar-refractivity contribution in [3.8, 4) is 5.75 Å². The van der Waals surface area contributed by atoms with Crippen molar-refractivity contribution in [3.05, 3.63) is 45.9 Å². The van der Waals surface area contributed by atoms with Crippen LogP contribution in [0.4, 0.5) is 0 Å². The molecule has 1 unspecified atom stereocenters. The van der Waals surface area contributed by atoms with Gasteiger partial charge in [0.15, 0.2) is 6.29 Å². The molecule has 1 aromatic heterocycles. The summed E-state index contributed by atoms with van der Waals surface area (Å²) in [6.07, 6.45) is 3.55. The molecule has 0 saturated carbocycles. The Morgan fingerprint density at radius 2 is 2.00 bits per heavy atom. The molecule has 0 bridgehead atoms. The molecular weight excluding hydrogens is 348 g/mol. The standard InChI is InChI=1S/C20H26N2O3S/c1-15-5-7-17(8-6-15)25-13-19-21-16(14-26-19)12-22-9-3-2-4-18(22)20-23-10-11-24-20/h5-8,14,18,20H,2-4,9-13H2,1H3. The summed E-state index contributed by atoms with van der Waals surface area (Å²) < 4.78 is 17.4. The largest absolute Gasteiger partial charge is 0.486 e. The molecule has 140 valence electrons. The fourth-order valence-electron chi connectivity index (χ4n) is 3.60. The maximum absolute atomic E-state index is 5.85. The number of likely N-dealkylation sites (tertiary alicyclic amines) is 1. The fourth-order valence-corrected chi connectivity index (χ4v) is 4.29. The van der Waals surface area contributed by atoms with Crippen LogP contribution in [-0.2, 0) is 22.6 Å². The Balaban J connectivity index is 1.34. The Morgan fingerprint density at radius 1 is 1.19 bits per heavy atom. The lowest BCUT2D eigenvalue weighted by Gasteiger charge is -2.37. The summed E-state index contributed by atoms with van der Waals surface area (Å²) in [5.74, 6) is 0.888. The van der Waals surface area contributed by atoms with E-state index in [1.807, 2.05) is 12.1 Å². The summed E-state index contributed by atoms with van der Waals surface area (Å²) in [5.41, 5.74) is 2.35. The molecule has 1 aromatic carbocycles. The van der Waals surface area contributed by atoms with Crippen LogP contribution in [0.3, 0.4) is 0 Å². The van der Waals surface area contributed by atoms with Crippen molar-refractivity contribution < 1.29 is 14.2 Å². The molecular formula is C20H26N2O3S. The van der Waals surface area contributed by atoms with Gasteiger partial charge in [0.05, 0.1) is 24.9 Å². The summed E-state index contributed by atoms with van der Waals surface area (Å²) in [6, 6.07) is 8.48. The van der Waals surface area contributed by atoms with Gasteiger partial charge in [-0.25, -0.2) is 4.98 Å². The lowest BCUT2D eigenvalue weighted by molar-refractivity contribution is -0.111. The molecule has 6 heteroatoms. The van der Waals surface area contributed by atoms with E-state index in [-0.39, 0.29) is 6.29 Å². The van der Waals surface area contributed by atoms with Gasteiger partial charge in [0.2, 0.25) is 0 Å². The van der Waals surface area contributed by atoms with Gasteiger partial charge in [-0.15, -0.1) is 11.3 Å². The summed E-state index contributed by atoms with van der Waals surface area (Å²) >= 11 is 1.67. The van der Waals surface area contributed by atoms with E-state index in [0.29, 0.717) is 25.9 Å². The van der Waals surface area contributed by atoms with Crippen LogP contribution in [0.25, 0.3) is 0 Å². The number of benzene rings is 1. The molecule has 2 aromatic rings. The zero-order valence-electron chi connectivity index (χ0n) is 15.2. The number of rotatable bonds is 6. The Hall–Kier alpha value is -1.47. The summed E-state index contributed by atoms with van der Waals surface area (Å²) in [6.45, 7) is 5.96. The smallest absolute Gasteiger partial charge is 0.173 e. The fraction of sp³-hybridized carbons (Fsp3) is 0.550. The van der Waals surface area contributed by atoms with Crippen molar-refractivity contribution in [2.45, 2.75) is 51.7 Å². The van der Waals surface area contributed by atoms with E-state index in [4.69, 9.17) is 19.2 Å². The summed E-state index contributed by atoms with van der Waals surface area (Å²) in [4.78, 5) is 7.24. The highest BCUT2D eigenvalue weighted by atomic mass is 32.1. The minimum atomic E-state index is -0.0710. The van der Waals surface area contributed by atoms with E-state index >= 15 is 0 Å². The molecule has 0 aliphatic carbocycles. The van der Waals surface area contributed by atoms with Crippen molar-refractivity contribution in [3.63, 3.8) is 0 Å². The molecule has 0 spiro atoms. The number of piperidine rings is 1. The van der Waals surface area contributed by atoms with E-state index in [1.54, 1.807) is 11.3 Å². The molecule has 0 radical (unpaired) electrons. The highest BCUT2D eigenvalue weighted by Crippen LogP contribution is 2.26. The first-order valence-corrected chi connectivity index (χ1v) is 10.3. The van der Waals surface area contributed by atoms with Gasteiger partial charge in [-0.05, 0) is 38.4 Å². The lowest BCUT2D eigenvalue weighted by Crippen LogP contribution is -2.46. The zero-order chi connectivity index (χ0) is 17.8. The van der Waals surface area contributed by atoms with Crippen molar-refractivity contribution in [1.82, 2.24) is 9.88 Å². The van der Waals surface area contributed by atoms with Gasteiger partial charge in [0, 0.05) is 11.9 Å². The molecule has 2 fully saturated rings. The average Bonchev–Trinajstić information content (AvgIpc) is 3.34. The first-order valence-electron chi connectivity index (χ1n) is 9.38. The van der Waals surface area contributed by atoms with Crippen LogP contribution < -0.4 is 4.74 Å². The predicted octanol–water partition coefficient (Wildman–Crippen LogP) is 3.76. The first-order chi connectivity index (χ1) is 12.8. The van der Waals surface area contributed by atoms with Crippen LogP contribution in [0.15, 0.2) is 29.6 Å². The van der Waals surface area contributed by atoms with Crippen LogP contribution in [0.2, 0.25) is 0 Å². The Labute approximate surface area is 158 Å². The number of nitrogens with zero attached hydrogens (tertiary/aromatic N) is 2. The summed E-state index contributed by atoms with van der Waals surface area (Å²) in [5, 5.41) is 3.16. The molecule has 0 N–H and O–H groups in total. The Bertz CT molecular complexity index is 697. The van der Waals surface area contributed by atoms with E-state index in [1.165, 1.54) is 18.4 Å². The minimum absolute atomic E-state index is 0.0710. The highest BCUT2D eigenvalue weighted by Gasteiger charge is 2.33. The number of ether oxygens (including phenoxy) is 3. The predicted molar refractivity (Wildman–Crippen MR) is 101 cm³/mol. The van der Waals surface area contributed by atoms with Gasteiger partial charge in [0.1, 0.15) is 17.4 Å². The summed E-state index contributed by atoms with van der Waals surface area (Å²) in [7, 11) is 0. The third kappa shape index (κ3) is 4.43. The van der Waals surface area contributed by atoms with E-state index in [2.05, 4.69) is 29.3 Å². The van der Waals surface area contributed by atoms with Gasteiger partial charge < -0.3 is 14.2 Å². The molecule has 5 nitrogen and oxygen atoms in total. The number of hydrogen-bond acceptors (Lipinski definition) is 6. The first kappa shape index (κ1) is 17.9. The quantitative estimate of drug-likeness (QED) is 0.770.